The van der Waals surface area contributed by atoms with Gasteiger partial charge in [-0.2, -0.15) is 0 Å². The van der Waals surface area contributed by atoms with Crippen LogP contribution in [0.1, 0.15) is 19.3 Å². The molecule has 0 heterocycles. The molecule has 0 radical (unpaired) electrons. The van der Waals surface area contributed by atoms with Crippen LogP contribution in [-0.2, 0) is 0 Å². The molecule has 2 nitrogen and oxygen atoms in total. The standard InChI is InChI=1S/C8H18N2/c1-9-7-4-5-8(6-7)10(2)3/h7-9H,4-6H2,1-3H3/t7?,8-/m0/s1. The smallest absolute Gasteiger partial charge is 0.0105 e. The highest BCUT2D eigenvalue weighted by molar-refractivity contribution is 4.83. The Kier molecular flexibility index (Phi) is 2.69. The molecule has 0 aromatic heterocycles. The highest BCUT2D eigenvalue weighted by Crippen LogP contribution is 2.21. The summed E-state index contributed by atoms with van der Waals surface area (Å²) in [4.78, 5) is 2.33. The van der Waals surface area contributed by atoms with E-state index >= 15 is 0 Å². The van der Waals surface area contributed by atoms with Gasteiger partial charge in [0.2, 0.25) is 0 Å². The first-order valence-corrected chi connectivity index (χ1v) is 4.07. The molecule has 1 N–H and O–H groups in total. The highest BCUT2D eigenvalue weighted by Gasteiger charge is 2.24. The van der Waals surface area contributed by atoms with Crippen LogP contribution in [0.5, 0.6) is 0 Å². The second-order valence-electron chi connectivity index (χ2n) is 3.42. The Hall–Kier alpha value is -0.0800. The lowest BCUT2D eigenvalue weighted by molar-refractivity contribution is 0.294. The molecular formula is C8H18N2. The van der Waals surface area contributed by atoms with Crippen LogP contribution in [-0.4, -0.2) is 38.1 Å². The monoisotopic (exact) mass is 142 g/mol. The first kappa shape index (κ1) is 8.02. The van der Waals surface area contributed by atoms with E-state index in [4.69, 9.17) is 0 Å². The normalized spacial score (nSPS) is 33.6. The van der Waals surface area contributed by atoms with E-state index in [2.05, 4.69) is 31.4 Å². The second kappa shape index (κ2) is 3.35. The summed E-state index contributed by atoms with van der Waals surface area (Å²) in [7, 11) is 6.40. The largest absolute Gasteiger partial charge is 0.317 e. The molecule has 1 saturated carbocycles. The van der Waals surface area contributed by atoms with Crippen molar-refractivity contribution in [1.29, 1.82) is 0 Å². The molecule has 0 aromatic carbocycles. The molecule has 0 bridgehead atoms. The third kappa shape index (κ3) is 1.70. The van der Waals surface area contributed by atoms with E-state index in [1.807, 2.05) is 0 Å². The Morgan fingerprint density at radius 2 is 2.00 bits per heavy atom. The minimum atomic E-state index is 0.771. The van der Waals surface area contributed by atoms with Crippen molar-refractivity contribution < 1.29 is 0 Å². The van der Waals surface area contributed by atoms with Gasteiger partial charge >= 0.3 is 0 Å². The topological polar surface area (TPSA) is 15.3 Å². The molecule has 1 fully saturated rings. The molecule has 1 rings (SSSR count). The van der Waals surface area contributed by atoms with Gasteiger partial charge in [0.15, 0.2) is 0 Å². The molecule has 0 aliphatic heterocycles. The zero-order valence-corrected chi connectivity index (χ0v) is 7.22. The van der Waals surface area contributed by atoms with Crippen LogP contribution < -0.4 is 5.32 Å². The lowest BCUT2D eigenvalue weighted by Crippen LogP contribution is -2.28. The van der Waals surface area contributed by atoms with Gasteiger partial charge in [-0.3, -0.25) is 0 Å². The highest BCUT2D eigenvalue weighted by atomic mass is 15.1. The Bertz CT molecular complexity index is 101. The summed E-state index contributed by atoms with van der Waals surface area (Å²) in [5, 5.41) is 3.32. The van der Waals surface area contributed by atoms with Crippen molar-refractivity contribution in [2.45, 2.75) is 31.3 Å². The molecule has 2 heteroatoms. The van der Waals surface area contributed by atoms with Gasteiger partial charge in [-0.15, -0.1) is 0 Å². The van der Waals surface area contributed by atoms with Crippen molar-refractivity contribution in [3.05, 3.63) is 0 Å². The van der Waals surface area contributed by atoms with Crippen molar-refractivity contribution in [2.24, 2.45) is 0 Å². The van der Waals surface area contributed by atoms with Crippen LogP contribution in [0.15, 0.2) is 0 Å². The van der Waals surface area contributed by atoms with Gasteiger partial charge in [0.05, 0.1) is 0 Å². The van der Waals surface area contributed by atoms with Gasteiger partial charge in [0, 0.05) is 12.1 Å². The average Bonchev–Trinajstić information content (AvgIpc) is 2.34. The van der Waals surface area contributed by atoms with Crippen LogP contribution in [0.4, 0.5) is 0 Å². The van der Waals surface area contributed by atoms with Crippen LogP contribution in [0.2, 0.25) is 0 Å². The fourth-order valence-corrected chi connectivity index (χ4v) is 1.69. The van der Waals surface area contributed by atoms with Crippen LogP contribution in [0, 0.1) is 0 Å². The van der Waals surface area contributed by atoms with E-state index in [9.17, 15) is 0 Å². The zero-order valence-electron chi connectivity index (χ0n) is 7.22. The summed E-state index contributed by atoms with van der Waals surface area (Å²) in [5.41, 5.74) is 0. The molecule has 0 aromatic rings. The van der Waals surface area contributed by atoms with Gasteiger partial charge in [-0.05, 0) is 40.4 Å². The lowest BCUT2D eigenvalue weighted by Gasteiger charge is -2.18. The number of nitrogens with one attached hydrogen (secondary N) is 1. The van der Waals surface area contributed by atoms with Crippen LogP contribution in [0.25, 0.3) is 0 Å². The SMILES string of the molecule is CNC1CC[C@H](N(C)C)C1. The van der Waals surface area contributed by atoms with Crippen LogP contribution in [0.3, 0.4) is 0 Å². The summed E-state index contributed by atoms with van der Waals surface area (Å²) >= 11 is 0. The van der Waals surface area contributed by atoms with Gasteiger partial charge in [0.25, 0.3) is 0 Å². The van der Waals surface area contributed by atoms with Gasteiger partial charge in [-0.25, -0.2) is 0 Å². The summed E-state index contributed by atoms with van der Waals surface area (Å²) in [5.74, 6) is 0. The second-order valence-corrected chi connectivity index (χ2v) is 3.42. The summed E-state index contributed by atoms with van der Waals surface area (Å²) in [6.45, 7) is 0. The van der Waals surface area contributed by atoms with E-state index in [-0.39, 0.29) is 0 Å². The maximum atomic E-state index is 3.32. The maximum absolute atomic E-state index is 3.32. The van der Waals surface area contributed by atoms with Gasteiger partial charge < -0.3 is 10.2 Å². The molecule has 1 aliphatic carbocycles. The number of nitrogens with zero attached hydrogens (tertiary/aromatic N) is 1. The fraction of sp³-hybridized carbons (Fsp3) is 1.00. The summed E-state index contributed by atoms with van der Waals surface area (Å²) in [6, 6.07) is 1.59. The van der Waals surface area contributed by atoms with Crippen molar-refractivity contribution >= 4 is 0 Å². The Balaban J connectivity index is 2.28. The average molecular weight is 142 g/mol. The van der Waals surface area contributed by atoms with E-state index in [1.165, 1.54) is 19.3 Å². The Labute approximate surface area is 63.6 Å². The molecule has 0 amide bonds. The van der Waals surface area contributed by atoms with Crippen molar-refractivity contribution in [3.63, 3.8) is 0 Å². The molecular weight excluding hydrogens is 124 g/mol. The van der Waals surface area contributed by atoms with E-state index in [0.29, 0.717) is 0 Å². The maximum Gasteiger partial charge on any atom is 0.0105 e. The minimum absolute atomic E-state index is 0.771. The predicted octanol–water partition coefficient (Wildman–Crippen LogP) is 0.688. The predicted molar refractivity (Wildman–Crippen MR) is 44.2 cm³/mol. The fourth-order valence-electron chi connectivity index (χ4n) is 1.69. The molecule has 1 unspecified atom stereocenters. The van der Waals surface area contributed by atoms with Crippen molar-refractivity contribution in [1.82, 2.24) is 10.2 Å². The molecule has 60 valence electrons. The van der Waals surface area contributed by atoms with Gasteiger partial charge in [0.1, 0.15) is 0 Å². The third-order valence-electron chi connectivity index (χ3n) is 2.54. The van der Waals surface area contributed by atoms with Crippen molar-refractivity contribution in [3.8, 4) is 0 Å². The zero-order chi connectivity index (χ0) is 7.56. The van der Waals surface area contributed by atoms with E-state index < -0.39 is 0 Å². The van der Waals surface area contributed by atoms with E-state index in [0.717, 1.165) is 12.1 Å². The van der Waals surface area contributed by atoms with Gasteiger partial charge in [-0.1, -0.05) is 0 Å². The minimum Gasteiger partial charge on any atom is -0.317 e. The third-order valence-corrected chi connectivity index (χ3v) is 2.54. The molecule has 0 spiro atoms. The Morgan fingerprint density at radius 3 is 2.30 bits per heavy atom. The van der Waals surface area contributed by atoms with Crippen molar-refractivity contribution in [2.75, 3.05) is 21.1 Å². The molecule has 10 heavy (non-hydrogen) atoms. The number of hydrogen-bond donors (Lipinski definition) is 1. The molecule has 1 aliphatic rings. The Morgan fingerprint density at radius 1 is 1.30 bits per heavy atom. The quantitative estimate of drug-likeness (QED) is 0.610. The summed E-state index contributed by atoms with van der Waals surface area (Å²) in [6.07, 6.45) is 4.03. The number of rotatable bonds is 2. The first-order valence-electron chi connectivity index (χ1n) is 4.07. The van der Waals surface area contributed by atoms with Crippen LogP contribution >= 0.6 is 0 Å². The molecule has 0 saturated heterocycles. The number of hydrogen-bond acceptors (Lipinski definition) is 2. The van der Waals surface area contributed by atoms with E-state index in [1.54, 1.807) is 0 Å². The summed E-state index contributed by atoms with van der Waals surface area (Å²) < 4.78 is 0. The first-order chi connectivity index (χ1) is 4.74. The molecule has 2 atom stereocenters. The lowest BCUT2D eigenvalue weighted by atomic mass is 10.2.